The number of fused-ring (bicyclic) bond motifs is 1. The molecule has 0 radical (unpaired) electrons. The minimum atomic E-state index is -0.195. The first-order valence-corrected chi connectivity index (χ1v) is 7.89. The summed E-state index contributed by atoms with van der Waals surface area (Å²) >= 11 is 1.67. The van der Waals surface area contributed by atoms with Crippen LogP contribution in [0.15, 0.2) is 47.8 Å². The van der Waals surface area contributed by atoms with Gasteiger partial charge in [-0.3, -0.25) is 9.63 Å². The Labute approximate surface area is 126 Å². The number of esters is 1. The van der Waals surface area contributed by atoms with Crippen molar-refractivity contribution in [2.75, 3.05) is 0 Å². The largest absolute Gasteiger partial charge is 0.457 e. The normalized spacial score (nSPS) is 28.6. The number of hydroxylamine groups is 2. The molecule has 0 aliphatic carbocycles. The van der Waals surface area contributed by atoms with Crippen molar-refractivity contribution in [3.05, 3.63) is 58.3 Å². The van der Waals surface area contributed by atoms with Gasteiger partial charge in [0.05, 0.1) is 6.42 Å². The van der Waals surface area contributed by atoms with Crippen molar-refractivity contribution in [1.29, 1.82) is 0 Å². The molecule has 2 aliphatic heterocycles. The Balaban J connectivity index is 1.62. The van der Waals surface area contributed by atoms with Crippen LogP contribution in [0.3, 0.4) is 0 Å². The van der Waals surface area contributed by atoms with Gasteiger partial charge >= 0.3 is 5.97 Å². The molecule has 2 saturated heterocycles. The number of nitrogens with zero attached hydrogens (tertiary/aromatic N) is 1. The molecule has 21 heavy (non-hydrogen) atoms. The van der Waals surface area contributed by atoms with E-state index >= 15 is 0 Å². The molecular formula is C16H15NO3S. The van der Waals surface area contributed by atoms with Gasteiger partial charge < -0.3 is 4.74 Å². The van der Waals surface area contributed by atoms with Crippen LogP contribution >= 0.6 is 11.3 Å². The summed E-state index contributed by atoms with van der Waals surface area (Å²) in [7, 11) is 0. The van der Waals surface area contributed by atoms with Crippen molar-refractivity contribution in [2.45, 2.75) is 31.2 Å². The van der Waals surface area contributed by atoms with Gasteiger partial charge in [-0.05, 0) is 17.0 Å². The Morgan fingerprint density at radius 3 is 2.81 bits per heavy atom. The number of rotatable bonds is 3. The molecule has 0 N–H and O–H groups in total. The number of hydrogen-bond donors (Lipinski definition) is 0. The average Bonchev–Trinajstić information content (AvgIpc) is 3.16. The zero-order valence-corrected chi connectivity index (χ0v) is 12.2. The van der Waals surface area contributed by atoms with E-state index in [1.165, 1.54) is 10.4 Å². The van der Waals surface area contributed by atoms with E-state index in [0.717, 1.165) is 0 Å². The Morgan fingerprint density at radius 2 is 2.05 bits per heavy atom. The zero-order valence-electron chi connectivity index (χ0n) is 11.3. The topological polar surface area (TPSA) is 38.8 Å². The monoisotopic (exact) mass is 301 g/mol. The lowest BCUT2D eigenvalue weighted by Gasteiger charge is -2.24. The van der Waals surface area contributed by atoms with Crippen LogP contribution in [0.2, 0.25) is 0 Å². The van der Waals surface area contributed by atoms with Crippen molar-refractivity contribution < 1.29 is 14.4 Å². The summed E-state index contributed by atoms with van der Waals surface area (Å²) in [6, 6.07) is 14.3. The standard InChI is InChI=1S/C16H15NO3S/c18-14-9-12-16(19-14)15(13-7-4-8-21-13)17(20-12)10-11-5-2-1-3-6-11/h1-8,12,15-16H,9-10H2/t12-,15+,16+/m1/s1. The van der Waals surface area contributed by atoms with Crippen molar-refractivity contribution in [3.8, 4) is 0 Å². The summed E-state index contributed by atoms with van der Waals surface area (Å²) < 4.78 is 5.49. The minimum absolute atomic E-state index is 0.0124. The second kappa shape index (κ2) is 5.26. The fourth-order valence-electron chi connectivity index (χ4n) is 2.99. The highest BCUT2D eigenvalue weighted by atomic mass is 32.1. The number of benzene rings is 1. The summed E-state index contributed by atoms with van der Waals surface area (Å²) in [5.41, 5.74) is 1.19. The van der Waals surface area contributed by atoms with Gasteiger partial charge in [0.15, 0.2) is 6.10 Å². The minimum Gasteiger partial charge on any atom is -0.457 e. The lowest BCUT2D eigenvalue weighted by molar-refractivity contribution is -0.174. The van der Waals surface area contributed by atoms with E-state index in [0.29, 0.717) is 13.0 Å². The summed E-state index contributed by atoms with van der Waals surface area (Å²) in [5, 5.41) is 4.00. The molecule has 0 saturated carbocycles. The Kier molecular flexibility index (Phi) is 3.25. The highest BCUT2D eigenvalue weighted by molar-refractivity contribution is 7.10. The first-order chi connectivity index (χ1) is 10.3. The predicted octanol–water partition coefficient (Wildman–Crippen LogP) is 2.92. The predicted molar refractivity (Wildman–Crippen MR) is 78.4 cm³/mol. The molecule has 2 aromatic rings. The van der Waals surface area contributed by atoms with Crippen molar-refractivity contribution >= 4 is 17.3 Å². The number of ether oxygens (including phenoxy) is 1. The van der Waals surface area contributed by atoms with Crippen LogP contribution in [0.1, 0.15) is 22.9 Å². The van der Waals surface area contributed by atoms with Crippen molar-refractivity contribution in [1.82, 2.24) is 5.06 Å². The van der Waals surface area contributed by atoms with Gasteiger partial charge in [-0.1, -0.05) is 36.4 Å². The number of carbonyl (C=O) groups is 1. The highest BCUT2D eigenvalue weighted by Gasteiger charge is 2.51. The third-order valence-corrected chi connectivity index (χ3v) is 4.85. The van der Waals surface area contributed by atoms with Gasteiger partial charge in [0.1, 0.15) is 12.1 Å². The van der Waals surface area contributed by atoms with E-state index in [2.05, 4.69) is 18.2 Å². The molecule has 4 nitrogen and oxygen atoms in total. The molecule has 2 fully saturated rings. The third-order valence-electron chi connectivity index (χ3n) is 3.91. The molecule has 2 aliphatic rings. The van der Waals surface area contributed by atoms with E-state index in [1.54, 1.807) is 11.3 Å². The molecule has 5 heteroatoms. The molecular weight excluding hydrogens is 286 g/mol. The molecule has 0 spiro atoms. The Morgan fingerprint density at radius 1 is 1.19 bits per heavy atom. The van der Waals surface area contributed by atoms with Crippen LogP contribution in [0.4, 0.5) is 0 Å². The van der Waals surface area contributed by atoms with Crippen LogP contribution in [0.25, 0.3) is 0 Å². The van der Waals surface area contributed by atoms with Gasteiger partial charge in [-0.2, -0.15) is 5.06 Å². The fourth-order valence-corrected chi connectivity index (χ4v) is 3.85. The molecule has 3 heterocycles. The quantitative estimate of drug-likeness (QED) is 0.817. The molecule has 0 bridgehead atoms. The van der Waals surface area contributed by atoms with E-state index in [1.807, 2.05) is 34.7 Å². The molecule has 1 aromatic heterocycles. The first-order valence-electron chi connectivity index (χ1n) is 7.01. The molecule has 3 atom stereocenters. The van der Waals surface area contributed by atoms with E-state index < -0.39 is 0 Å². The van der Waals surface area contributed by atoms with Gasteiger partial charge in [0.2, 0.25) is 0 Å². The van der Waals surface area contributed by atoms with Crippen molar-refractivity contribution in [2.24, 2.45) is 0 Å². The maximum Gasteiger partial charge on any atom is 0.309 e. The number of thiophene rings is 1. The van der Waals surface area contributed by atoms with Gasteiger partial charge in [0, 0.05) is 11.4 Å². The van der Waals surface area contributed by atoms with Crippen LogP contribution in [-0.4, -0.2) is 23.2 Å². The smallest absolute Gasteiger partial charge is 0.309 e. The van der Waals surface area contributed by atoms with Crippen LogP contribution in [0.5, 0.6) is 0 Å². The van der Waals surface area contributed by atoms with Gasteiger partial charge in [-0.25, -0.2) is 0 Å². The molecule has 0 unspecified atom stereocenters. The summed E-state index contributed by atoms with van der Waals surface area (Å²) in [6.07, 6.45) is -0.00847. The average molecular weight is 301 g/mol. The summed E-state index contributed by atoms with van der Waals surface area (Å²) in [6.45, 7) is 0.688. The third kappa shape index (κ3) is 2.37. The molecule has 4 rings (SSSR count). The second-order valence-corrected chi connectivity index (χ2v) is 6.30. The lowest BCUT2D eigenvalue weighted by Crippen LogP contribution is -2.27. The number of carbonyl (C=O) groups excluding carboxylic acids is 1. The van der Waals surface area contributed by atoms with Crippen LogP contribution in [0, 0.1) is 0 Å². The van der Waals surface area contributed by atoms with E-state index in [4.69, 9.17) is 9.57 Å². The van der Waals surface area contributed by atoms with E-state index in [-0.39, 0.29) is 24.2 Å². The van der Waals surface area contributed by atoms with Crippen LogP contribution in [-0.2, 0) is 20.9 Å². The number of hydrogen-bond acceptors (Lipinski definition) is 5. The van der Waals surface area contributed by atoms with Gasteiger partial charge in [0.25, 0.3) is 0 Å². The van der Waals surface area contributed by atoms with Crippen LogP contribution < -0.4 is 0 Å². The summed E-state index contributed by atoms with van der Waals surface area (Å²) in [4.78, 5) is 18.7. The first kappa shape index (κ1) is 13.0. The molecule has 108 valence electrons. The van der Waals surface area contributed by atoms with Gasteiger partial charge in [-0.15, -0.1) is 11.3 Å². The molecule has 1 aromatic carbocycles. The fraction of sp³-hybridized carbons (Fsp3) is 0.312. The second-order valence-electron chi connectivity index (χ2n) is 5.32. The summed E-state index contributed by atoms with van der Waals surface area (Å²) in [5.74, 6) is -0.161. The zero-order chi connectivity index (χ0) is 14.2. The lowest BCUT2D eigenvalue weighted by atomic mass is 10.0. The SMILES string of the molecule is O=C1C[C@H]2ON(Cc3ccccc3)[C@@H](c3cccs3)[C@H]2O1. The van der Waals surface area contributed by atoms with Crippen molar-refractivity contribution in [3.63, 3.8) is 0 Å². The Hall–Kier alpha value is -1.69. The maximum absolute atomic E-state index is 11.5. The highest BCUT2D eigenvalue weighted by Crippen LogP contribution is 2.43. The van der Waals surface area contributed by atoms with E-state index in [9.17, 15) is 4.79 Å². The maximum atomic E-state index is 11.5. The molecule has 0 amide bonds. The Bertz CT molecular complexity index is 628.